The van der Waals surface area contributed by atoms with E-state index in [2.05, 4.69) is 15.9 Å². The van der Waals surface area contributed by atoms with Crippen molar-refractivity contribution in [3.8, 4) is 5.75 Å². The molecule has 1 heterocycles. The highest BCUT2D eigenvalue weighted by atomic mass is 79.9. The molecule has 0 saturated heterocycles. The molecule has 0 aliphatic rings. The summed E-state index contributed by atoms with van der Waals surface area (Å²) < 4.78 is 6.48. The van der Waals surface area contributed by atoms with Crippen molar-refractivity contribution in [3.05, 3.63) is 50.6 Å². The first-order valence-electron chi connectivity index (χ1n) is 4.85. The fourth-order valence-corrected chi connectivity index (χ4v) is 2.24. The van der Waals surface area contributed by atoms with Crippen LogP contribution in [0, 0.1) is 0 Å². The lowest BCUT2D eigenvalue weighted by atomic mass is 10.2. The second kappa shape index (κ2) is 5.33. The quantitative estimate of drug-likeness (QED) is 0.934. The van der Waals surface area contributed by atoms with Crippen LogP contribution in [0.25, 0.3) is 0 Å². The van der Waals surface area contributed by atoms with Crippen molar-refractivity contribution in [2.24, 2.45) is 0 Å². The van der Waals surface area contributed by atoms with Gasteiger partial charge in [-0.2, -0.15) is 0 Å². The van der Waals surface area contributed by atoms with Gasteiger partial charge in [-0.15, -0.1) is 11.3 Å². The zero-order valence-electron chi connectivity index (χ0n) is 8.72. The molecule has 2 rings (SSSR count). The van der Waals surface area contributed by atoms with Crippen molar-refractivity contribution in [3.63, 3.8) is 0 Å². The van der Waals surface area contributed by atoms with Gasteiger partial charge in [0, 0.05) is 4.47 Å². The highest BCUT2D eigenvalue weighted by Crippen LogP contribution is 2.25. The predicted molar refractivity (Wildman–Crippen MR) is 69.8 cm³/mol. The van der Waals surface area contributed by atoms with Gasteiger partial charge >= 0.3 is 5.97 Å². The molecule has 0 amide bonds. The van der Waals surface area contributed by atoms with Crippen LogP contribution in [-0.4, -0.2) is 11.1 Å². The number of hydrogen-bond acceptors (Lipinski definition) is 3. The topological polar surface area (TPSA) is 46.5 Å². The molecule has 2 aromatic rings. The number of carbonyl (C=O) groups is 1. The normalized spacial score (nSPS) is 10.2. The van der Waals surface area contributed by atoms with E-state index in [9.17, 15) is 4.79 Å². The summed E-state index contributed by atoms with van der Waals surface area (Å²) in [5, 5.41) is 10.6. The van der Waals surface area contributed by atoms with Crippen molar-refractivity contribution in [2.75, 3.05) is 0 Å². The molecule has 1 aromatic carbocycles. The first kappa shape index (κ1) is 12.1. The molecule has 0 spiro atoms. The second-order valence-electron chi connectivity index (χ2n) is 3.33. The first-order chi connectivity index (χ1) is 8.16. The molecule has 0 atom stereocenters. The Bertz CT molecular complexity index is 519. The molecule has 0 aliphatic heterocycles. The summed E-state index contributed by atoms with van der Waals surface area (Å²) in [4.78, 5) is 11.1. The third kappa shape index (κ3) is 3.08. The Morgan fingerprint density at radius 3 is 2.65 bits per heavy atom. The molecule has 5 heteroatoms. The van der Waals surface area contributed by atoms with Crippen molar-refractivity contribution in [1.29, 1.82) is 0 Å². The molecular weight excluding hydrogens is 304 g/mol. The Labute approximate surface area is 111 Å². The number of benzene rings is 1. The Hall–Kier alpha value is -1.33. The van der Waals surface area contributed by atoms with Gasteiger partial charge in [-0.3, -0.25) is 0 Å². The summed E-state index contributed by atoms with van der Waals surface area (Å²) in [5.41, 5.74) is 0.996. The van der Waals surface area contributed by atoms with Gasteiger partial charge in [0.25, 0.3) is 0 Å². The van der Waals surface area contributed by atoms with E-state index in [1.807, 2.05) is 24.3 Å². The van der Waals surface area contributed by atoms with Gasteiger partial charge < -0.3 is 9.84 Å². The number of halogens is 1. The molecule has 0 unspecified atom stereocenters. The van der Waals surface area contributed by atoms with Crippen LogP contribution in [0.15, 0.2) is 40.2 Å². The van der Waals surface area contributed by atoms with Crippen LogP contribution in [-0.2, 0) is 6.61 Å². The first-order valence-corrected chi connectivity index (χ1v) is 6.52. The summed E-state index contributed by atoms with van der Waals surface area (Å²) in [6, 6.07) is 9.37. The largest absolute Gasteiger partial charge is 0.487 e. The molecule has 0 saturated carbocycles. The SMILES string of the molecule is O=C(O)c1sccc1OCc1ccc(Br)cc1. The fraction of sp³-hybridized carbons (Fsp3) is 0.0833. The molecule has 1 N–H and O–H groups in total. The maximum absolute atomic E-state index is 10.9. The van der Waals surface area contributed by atoms with E-state index in [0.717, 1.165) is 21.4 Å². The molecule has 0 bridgehead atoms. The van der Waals surface area contributed by atoms with Crippen molar-refractivity contribution < 1.29 is 14.6 Å². The number of hydrogen-bond donors (Lipinski definition) is 1. The molecule has 0 radical (unpaired) electrons. The van der Waals surface area contributed by atoms with Crippen molar-refractivity contribution >= 4 is 33.2 Å². The number of thiophene rings is 1. The van der Waals surface area contributed by atoms with E-state index in [1.54, 1.807) is 11.4 Å². The average molecular weight is 313 g/mol. The van der Waals surface area contributed by atoms with Crippen LogP contribution in [0.4, 0.5) is 0 Å². The zero-order chi connectivity index (χ0) is 12.3. The van der Waals surface area contributed by atoms with E-state index >= 15 is 0 Å². The van der Waals surface area contributed by atoms with Crippen LogP contribution in [0.1, 0.15) is 15.2 Å². The van der Waals surface area contributed by atoms with Gasteiger partial charge in [-0.1, -0.05) is 28.1 Å². The number of carboxylic acid groups (broad SMARTS) is 1. The highest BCUT2D eigenvalue weighted by Gasteiger charge is 2.12. The Morgan fingerprint density at radius 1 is 1.29 bits per heavy atom. The lowest BCUT2D eigenvalue weighted by Crippen LogP contribution is -1.99. The third-order valence-electron chi connectivity index (χ3n) is 2.13. The molecular formula is C12H9BrO3S. The zero-order valence-corrected chi connectivity index (χ0v) is 11.1. The summed E-state index contributed by atoms with van der Waals surface area (Å²) in [7, 11) is 0. The van der Waals surface area contributed by atoms with Gasteiger partial charge in [0.05, 0.1) is 0 Å². The Kier molecular flexibility index (Phi) is 3.81. The lowest BCUT2D eigenvalue weighted by Gasteiger charge is -2.05. The minimum absolute atomic E-state index is 0.238. The molecule has 88 valence electrons. The molecule has 1 aromatic heterocycles. The summed E-state index contributed by atoms with van der Waals surface area (Å²) >= 11 is 4.51. The number of carboxylic acids is 1. The molecule has 0 fully saturated rings. The smallest absolute Gasteiger partial charge is 0.349 e. The lowest BCUT2D eigenvalue weighted by molar-refractivity contribution is 0.0697. The summed E-state index contributed by atoms with van der Waals surface area (Å²) in [6.45, 7) is 0.365. The minimum atomic E-state index is -0.953. The van der Waals surface area contributed by atoms with Gasteiger partial charge in [-0.25, -0.2) is 4.79 Å². The molecule has 17 heavy (non-hydrogen) atoms. The average Bonchev–Trinajstić information content (AvgIpc) is 2.76. The minimum Gasteiger partial charge on any atom is -0.487 e. The van der Waals surface area contributed by atoms with Gasteiger partial charge in [0.1, 0.15) is 12.4 Å². The number of aromatic carboxylic acids is 1. The highest BCUT2D eigenvalue weighted by molar-refractivity contribution is 9.10. The van der Waals surface area contributed by atoms with Gasteiger partial charge in [-0.05, 0) is 29.1 Å². The standard InChI is InChI=1S/C12H9BrO3S/c13-9-3-1-8(2-4-9)7-16-10-5-6-17-11(10)12(14)15/h1-6H,7H2,(H,14,15). The van der Waals surface area contributed by atoms with Crippen LogP contribution >= 0.6 is 27.3 Å². The Morgan fingerprint density at radius 2 is 2.00 bits per heavy atom. The summed E-state index contributed by atoms with van der Waals surface area (Å²) in [5.74, 6) is -0.531. The van der Waals surface area contributed by atoms with Crippen LogP contribution in [0.2, 0.25) is 0 Å². The summed E-state index contributed by atoms with van der Waals surface area (Å²) in [6.07, 6.45) is 0. The van der Waals surface area contributed by atoms with E-state index in [-0.39, 0.29) is 4.88 Å². The fourth-order valence-electron chi connectivity index (χ4n) is 1.31. The van der Waals surface area contributed by atoms with E-state index in [1.165, 1.54) is 0 Å². The maximum Gasteiger partial charge on any atom is 0.349 e. The van der Waals surface area contributed by atoms with E-state index in [4.69, 9.17) is 9.84 Å². The van der Waals surface area contributed by atoms with Crippen LogP contribution < -0.4 is 4.74 Å². The second-order valence-corrected chi connectivity index (χ2v) is 5.17. The number of rotatable bonds is 4. The predicted octanol–water partition coefficient (Wildman–Crippen LogP) is 3.79. The third-order valence-corrected chi connectivity index (χ3v) is 3.54. The van der Waals surface area contributed by atoms with E-state index < -0.39 is 5.97 Å². The van der Waals surface area contributed by atoms with Gasteiger partial charge in [0.15, 0.2) is 4.88 Å². The van der Waals surface area contributed by atoms with Crippen molar-refractivity contribution in [1.82, 2.24) is 0 Å². The number of ether oxygens (including phenoxy) is 1. The van der Waals surface area contributed by atoms with Crippen LogP contribution in [0.3, 0.4) is 0 Å². The Balaban J connectivity index is 2.05. The maximum atomic E-state index is 10.9. The van der Waals surface area contributed by atoms with Gasteiger partial charge in [0.2, 0.25) is 0 Å². The molecule has 0 aliphatic carbocycles. The van der Waals surface area contributed by atoms with E-state index in [0.29, 0.717) is 12.4 Å². The van der Waals surface area contributed by atoms with Crippen molar-refractivity contribution in [2.45, 2.75) is 6.61 Å². The molecule has 3 nitrogen and oxygen atoms in total. The van der Waals surface area contributed by atoms with Crippen LogP contribution in [0.5, 0.6) is 5.75 Å². The monoisotopic (exact) mass is 312 g/mol.